The Labute approximate surface area is 162 Å². The normalized spacial score (nSPS) is 15.5. The van der Waals surface area contributed by atoms with E-state index in [1.54, 1.807) is 0 Å². The Morgan fingerprint density at radius 3 is 2.41 bits per heavy atom. The fourth-order valence-corrected chi connectivity index (χ4v) is 3.74. The number of amides is 1. The van der Waals surface area contributed by atoms with Crippen LogP contribution in [0.3, 0.4) is 0 Å². The van der Waals surface area contributed by atoms with E-state index in [2.05, 4.69) is 41.4 Å². The van der Waals surface area contributed by atoms with E-state index >= 15 is 0 Å². The zero-order chi connectivity index (χ0) is 19.2. The Hall–Kier alpha value is -2.33. The molecule has 4 nitrogen and oxygen atoms in total. The van der Waals surface area contributed by atoms with Crippen LogP contribution in [0.4, 0.5) is 0 Å². The monoisotopic (exact) mass is 366 g/mol. The number of likely N-dealkylation sites (tertiary alicyclic amines) is 1. The number of carbonyl (C=O) groups is 1. The van der Waals surface area contributed by atoms with Crippen molar-refractivity contribution >= 4 is 5.91 Å². The number of piperidine rings is 1. The highest BCUT2D eigenvalue weighted by Crippen LogP contribution is 2.22. The number of benzene rings is 2. The molecule has 1 amide bonds. The summed E-state index contributed by atoms with van der Waals surface area (Å²) in [6.45, 7) is 9.22. The molecule has 3 rings (SSSR count). The number of ether oxygens (including phenoxy) is 1. The van der Waals surface area contributed by atoms with Gasteiger partial charge in [-0.3, -0.25) is 9.69 Å². The first-order valence-electron chi connectivity index (χ1n) is 9.77. The van der Waals surface area contributed by atoms with Gasteiger partial charge in [-0.1, -0.05) is 48.0 Å². The van der Waals surface area contributed by atoms with Gasteiger partial charge < -0.3 is 10.1 Å². The van der Waals surface area contributed by atoms with Gasteiger partial charge in [0, 0.05) is 25.7 Å². The molecule has 1 N–H and O–H groups in total. The third-order valence-electron chi connectivity index (χ3n) is 5.20. The van der Waals surface area contributed by atoms with Crippen LogP contribution in [0.2, 0.25) is 0 Å². The van der Waals surface area contributed by atoms with Crippen LogP contribution in [0, 0.1) is 20.8 Å². The van der Waals surface area contributed by atoms with Gasteiger partial charge in [0.1, 0.15) is 5.75 Å². The molecule has 0 aliphatic carbocycles. The molecule has 0 spiro atoms. The molecular weight excluding hydrogens is 336 g/mol. The third kappa shape index (κ3) is 5.57. The first-order valence-corrected chi connectivity index (χ1v) is 9.77. The van der Waals surface area contributed by atoms with Crippen LogP contribution in [-0.2, 0) is 11.3 Å². The predicted molar refractivity (Wildman–Crippen MR) is 109 cm³/mol. The molecule has 1 heterocycles. The topological polar surface area (TPSA) is 41.6 Å². The summed E-state index contributed by atoms with van der Waals surface area (Å²) < 4.78 is 5.76. The van der Waals surface area contributed by atoms with Gasteiger partial charge in [-0.2, -0.15) is 0 Å². The van der Waals surface area contributed by atoms with E-state index < -0.39 is 0 Å². The SMILES string of the molecule is Cc1cccc(CN2CCC(NC(=O)COc3c(C)cccc3C)CC2)c1. The molecule has 1 aliphatic rings. The van der Waals surface area contributed by atoms with E-state index in [1.807, 2.05) is 32.0 Å². The molecule has 2 aromatic carbocycles. The van der Waals surface area contributed by atoms with Gasteiger partial charge in [0.05, 0.1) is 0 Å². The largest absolute Gasteiger partial charge is 0.483 e. The van der Waals surface area contributed by atoms with Crippen molar-refractivity contribution in [3.05, 3.63) is 64.7 Å². The van der Waals surface area contributed by atoms with Crippen molar-refractivity contribution < 1.29 is 9.53 Å². The number of aryl methyl sites for hydroxylation is 3. The second-order valence-electron chi connectivity index (χ2n) is 7.62. The van der Waals surface area contributed by atoms with Gasteiger partial charge in [-0.25, -0.2) is 0 Å². The van der Waals surface area contributed by atoms with Crippen LogP contribution in [0.5, 0.6) is 5.75 Å². The maximum absolute atomic E-state index is 12.3. The molecule has 0 bridgehead atoms. The highest BCUT2D eigenvalue weighted by Gasteiger charge is 2.21. The Kier molecular flexibility index (Phi) is 6.51. The fourth-order valence-electron chi connectivity index (χ4n) is 3.74. The number of hydrogen-bond donors (Lipinski definition) is 1. The second-order valence-corrected chi connectivity index (χ2v) is 7.62. The standard InChI is InChI=1S/C23H30N2O2/c1-17-6-4-9-20(14-17)15-25-12-10-21(11-13-25)24-22(26)16-27-23-18(2)7-5-8-19(23)3/h4-9,14,21H,10-13,15-16H2,1-3H3,(H,24,26). The minimum absolute atomic E-state index is 0.0326. The van der Waals surface area contributed by atoms with E-state index in [0.29, 0.717) is 0 Å². The van der Waals surface area contributed by atoms with Crippen molar-refractivity contribution in [2.75, 3.05) is 19.7 Å². The average molecular weight is 367 g/mol. The molecule has 0 atom stereocenters. The molecule has 27 heavy (non-hydrogen) atoms. The third-order valence-corrected chi connectivity index (χ3v) is 5.20. The summed E-state index contributed by atoms with van der Waals surface area (Å²) in [6, 6.07) is 14.9. The van der Waals surface area contributed by atoms with Crippen molar-refractivity contribution in [1.29, 1.82) is 0 Å². The quantitative estimate of drug-likeness (QED) is 0.846. The Morgan fingerprint density at radius 1 is 1.07 bits per heavy atom. The second kappa shape index (κ2) is 9.05. The highest BCUT2D eigenvalue weighted by molar-refractivity contribution is 5.78. The van der Waals surface area contributed by atoms with Crippen molar-refractivity contribution in [1.82, 2.24) is 10.2 Å². The molecule has 0 radical (unpaired) electrons. The molecular formula is C23H30N2O2. The lowest BCUT2D eigenvalue weighted by Crippen LogP contribution is -2.45. The Morgan fingerprint density at radius 2 is 1.74 bits per heavy atom. The van der Waals surface area contributed by atoms with Crippen LogP contribution >= 0.6 is 0 Å². The summed E-state index contributed by atoms with van der Waals surface area (Å²) in [5.41, 5.74) is 4.79. The summed E-state index contributed by atoms with van der Waals surface area (Å²) in [4.78, 5) is 14.7. The molecule has 1 saturated heterocycles. The fraction of sp³-hybridized carbons (Fsp3) is 0.435. The summed E-state index contributed by atoms with van der Waals surface area (Å²) in [7, 11) is 0. The highest BCUT2D eigenvalue weighted by atomic mass is 16.5. The smallest absolute Gasteiger partial charge is 0.258 e. The van der Waals surface area contributed by atoms with Crippen molar-refractivity contribution in [3.63, 3.8) is 0 Å². The first-order chi connectivity index (χ1) is 13.0. The van der Waals surface area contributed by atoms with Gasteiger partial charge in [0.25, 0.3) is 5.91 Å². The lowest BCUT2D eigenvalue weighted by atomic mass is 10.0. The van der Waals surface area contributed by atoms with Gasteiger partial charge in [0.15, 0.2) is 6.61 Å². The van der Waals surface area contributed by atoms with E-state index in [0.717, 1.165) is 49.4 Å². The molecule has 2 aromatic rings. The summed E-state index contributed by atoms with van der Waals surface area (Å²) in [6.07, 6.45) is 1.97. The molecule has 0 unspecified atom stereocenters. The molecule has 1 fully saturated rings. The Bertz CT molecular complexity index is 759. The zero-order valence-corrected chi connectivity index (χ0v) is 16.6. The van der Waals surface area contributed by atoms with Crippen LogP contribution < -0.4 is 10.1 Å². The van der Waals surface area contributed by atoms with E-state index in [1.165, 1.54) is 11.1 Å². The van der Waals surface area contributed by atoms with Crippen LogP contribution in [0.15, 0.2) is 42.5 Å². The maximum atomic E-state index is 12.3. The van der Waals surface area contributed by atoms with Crippen molar-refractivity contribution in [2.24, 2.45) is 0 Å². The lowest BCUT2D eigenvalue weighted by molar-refractivity contribution is -0.124. The molecule has 0 saturated carbocycles. The number of rotatable bonds is 6. The lowest BCUT2D eigenvalue weighted by Gasteiger charge is -2.32. The number of nitrogens with one attached hydrogen (secondary N) is 1. The number of carbonyl (C=O) groups excluding carboxylic acids is 1. The number of hydrogen-bond acceptors (Lipinski definition) is 3. The number of nitrogens with zero attached hydrogens (tertiary/aromatic N) is 1. The zero-order valence-electron chi connectivity index (χ0n) is 16.6. The maximum Gasteiger partial charge on any atom is 0.258 e. The van der Waals surface area contributed by atoms with Crippen molar-refractivity contribution in [2.45, 2.75) is 46.2 Å². The Balaban J connectivity index is 1.41. The van der Waals surface area contributed by atoms with Crippen LogP contribution in [-0.4, -0.2) is 36.5 Å². The van der Waals surface area contributed by atoms with Gasteiger partial charge >= 0.3 is 0 Å². The number of para-hydroxylation sites is 1. The van der Waals surface area contributed by atoms with Gasteiger partial charge in [-0.15, -0.1) is 0 Å². The van der Waals surface area contributed by atoms with E-state index in [-0.39, 0.29) is 18.6 Å². The summed E-state index contributed by atoms with van der Waals surface area (Å²) in [5, 5.41) is 3.13. The summed E-state index contributed by atoms with van der Waals surface area (Å²) >= 11 is 0. The molecule has 4 heteroatoms. The molecule has 0 aromatic heterocycles. The molecule has 144 valence electrons. The average Bonchev–Trinajstić information content (AvgIpc) is 2.63. The van der Waals surface area contributed by atoms with Gasteiger partial charge in [0.2, 0.25) is 0 Å². The van der Waals surface area contributed by atoms with Crippen molar-refractivity contribution in [3.8, 4) is 5.75 Å². The van der Waals surface area contributed by atoms with Gasteiger partial charge in [-0.05, 0) is 50.3 Å². The summed E-state index contributed by atoms with van der Waals surface area (Å²) in [5.74, 6) is 0.787. The first kappa shape index (κ1) is 19.4. The molecule has 1 aliphatic heterocycles. The van der Waals surface area contributed by atoms with Crippen LogP contribution in [0.25, 0.3) is 0 Å². The van der Waals surface area contributed by atoms with Crippen LogP contribution in [0.1, 0.15) is 35.1 Å². The van der Waals surface area contributed by atoms with E-state index in [4.69, 9.17) is 4.74 Å². The predicted octanol–water partition coefficient (Wildman–Crippen LogP) is 3.77. The van der Waals surface area contributed by atoms with E-state index in [9.17, 15) is 4.79 Å². The minimum atomic E-state index is -0.0326. The minimum Gasteiger partial charge on any atom is -0.483 e.